The summed E-state index contributed by atoms with van der Waals surface area (Å²) >= 11 is 0. The van der Waals surface area contributed by atoms with Gasteiger partial charge in [-0.1, -0.05) is 44.2 Å². The monoisotopic (exact) mass is 452 g/mol. The van der Waals surface area contributed by atoms with Gasteiger partial charge < -0.3 is 37.0 Å². The van der Waals surface area contributed by atoms with E-state index in [1.165, 1.54) is 6.92 Å². The van der Waals surface area contributed by atoms with Crippen molar-refractivity contribution in [2.45, 2.75) is 57.5 Å². The summed E-state index contributed by atoms with van der Waals surface area (Å²) in [5.41, 5.74) is 6.71. The molecule has 178 valence electrons. The molecule has 0 spiro atoms. The second kappa shape index (κ2) is 12.7. The Balaban J connectivity index is 2.79. The summed E-state index contributed by atoms with van der Waals surface area (Å²) in [6, 6.07) is 3.94. The predicted molar refractivity (Wildman–Crippen MR) is 115 cm³/mol. The molecule has 8 N–H and O–H groups in total. The zero-order valence-electron chi connectivity index (χ0n) is 18.3. The van der Waals surface area contributed by atoms with Crippen LogP contribution in [0.15, 0.2) is 30.3 Å². The summed E-state index contributed by atoms with van der Waals surface area (Å²) in [4.78, 5) is 48.7. The fourth-order valence-electron chi connectivity index (χ4n) is 2.85. The average Bonchev–Trinajstić information content (AvgIpc) is 2.73. The molecule has 0 aliphatic carbocycles. The molecule has 0 radical (unpaired) electrons. The fourth-order valence-corrected chi connectivity index (χ4v) is 2.85. The number of carbonyl (C=O) groups is 4. The van der Waals surface area contributed by atoms with Crippen LogP contribution in [-0.4, -0.2) is 75.9 Å². The van der Waals surface area contributed by atoms with Crippen LogP contribution in [0.1, 0.15) is 26.3 Å². The number of aliphatic hydroxyl groups excluding tert-OH is 2. The first-order valence-electron chi connectivity index (χ1n) is 10.2. The van der Waals surface area contributed by atoms with E-state index in [9.17, 15) is 29.4 Å². The molecule has 0 saturated heterocycles. The maximum atomic E-state index is 12.6. The molecule has 1 rings (SSSR count). The number of hydrogen-bond donors (Lipinski definition) is 7. The Bertz CT molecular complexity index is 786. The van der Waals surface area contributed by atoms with Crippen molar-refractivity contribution in [2.75, 3.05) is 6.61 Å². The van der Waals surface area contributed by atoms with Crippen LogP contribution in [0.25, 0.3) is 0 Å². The summed E-state index contributed by atoms with van der Waals surface area (Å²) in [6.45, 7) is 3.70. The molecule has 3 amide bonds. The minimum Gasteiger partial charge on any atom is -0.480 e. The molecule has 11 heteroatoms. The van der Waals surface area contributed by atoms with Crippen molar-refractivity contribution in [3.63, 3.8) is 0 Å². The van der Waals surface area contributed by atoms with Crippen LogP contribution < -0.4 is 21.7 Å². The van der Waals surface area contributed by atoms with Crippen LogP contribution in [0.4, 0.5) is 0 Å². The summed E-state index contributed by atoms with van der Waals surface area (Å²) in [5, 5.41) is 35.2. The van der Waals surface area contributed by atoms with Crippen molar-refractivity contribution in [2.24, 2.45) is 11.7 Å². The first kappa shape index (κ1) is 27.0. The molecule has 0 aliphatic rings. The normalized spacial score (nSPS) is 15.7. The lowest BCUT2D eigenvalue weighted by molar-refractivity contribution is -0.145. The molecule has 0 aliphatic heterocycles. The van der Waals surface area contributed by atoms with Crippen molar-refractivity contribution in [1.82, 2.24) is 16.0 Å². The number of carboxylic acid groups (broad SMARTS) is 1. The smallest absolute Gasteiger partial charge is 0.328 e. The van der Waals surface area contributed by atoms with Crippen molar-refractivity contribution in [3.8, 4) is 0 Å². The highest BCUT2D eigenvalue weighted by Crippen LogP contribution is 2.06. The Morgan fingerprint density at radius 1 is 0.906 bits per heavy atom. The number of aliphatic carboxylic acids is 1. The molecule has 5 unspecified atom stereocenters. The van der Waals surface area contributed by atoms with Gasteiger partial charge in [0, 0.05) is 0 Å². The Kier molecular flexibility index (Phi) is 10.8. The third-order valence-corrected chi connectivity index (χ3v) is 4.74. The highest BCUT2D eigenvalue weighted by atomic mass is 16.4. The van der Waals surface area contributed by atoms with Gasteiger partial charge in [0.15, 0.2) is 6.04 Å². The standard InChI is InChI=1S/C21H32N4O7/c1-11(2)16(20(30)25-17(12(3)27)21(31)32)24-19(29)15(10-26)23-18(28)14(22)9-13-7-5-4-6-8-13/h4-8,11-12,14-17,26-27H,9-10,22H2,1-3H3,(H,23,28)(H,24,29)(H,25,30)(H,31,32). The van der Waals surface area contributed by atoms with Crippen molar-refractivity contribution in [3.05, 3.63) is 35.9 Å². The van der Waals surface area contributed by atoms with Gasteiger partial charge in [0.05, 0.1) is 18.8 Å². The zero-order chi connectivity index (χ0) is 24.4. The van der Waals surface area contributed by atoms with E-state index in [0.29, 0.717) is 0 Å². The van der Waals surface area contributed by atoms with E-state index < -0.39 is 66.5 Å². The fraction of sp³-hybridized carbons (Fsp3) is 0.524. The van der Waals surface area contributed by atoms with Gasteiger partial charge in [0.1, 0.15) is 12.1 Å². The first-order chi connectivity index (χ1) is 15.0. The first-order valence-corrected chi connectivity index (χ1v) is 10.2. The lowest BCUT2D eigenvalue weighted by Crippen LogP contribution is -2.60. The Morgan fingerprint density at radius 3 is 1.94 bits per heavy atom. The predicted octanol–water partition coefficient (Wildman–Crippen LogP) is -1.88. The van der Waals surface area contributed by atoms with Crippen LogP contribution in [0.3, 0.4) is 0 Å². The van der Waals surface area contributed by atoms with Gasteiger partial charge in [0.25, 0.3) is 0 Å². The van der Waals surface area contributed by atoms with Crippen molar-refractivity contribution in [1.29, 1.82) is 0 Å². The molecule has 0 aromatic heterocycles. The lowest BCUT2D eigenvalue weighted by atomic mass is 10.0. The number of carboxylic acids is 1. The number of carbonyl (C=O) groups excluding carboxylic acids is 3. The second-order valence-corrected chi connectivity index (χ2v) is 7.84. The molecule has 0 saturated carbocycles. The zero-order valence-corrected chi connectivity index (χ0v) is 18.3. The molecule has 5 atom stereocenters. The van der Waals surface area contributed by atoms with Gasteiger partial charge >= 0.3 is 5.97 Å². The largest absolute Gasteiger partial charge is 0.480 e. The molecule has 0 bridgehead atoms. The summed E-state index contributed by atoms with van der Waals surface area (Å²) in [7, 11) is 0. The van der Waals surface area contributed by atoms with Gasteiger partial charge in [-0.05, 0) is 24.8 Å². The number of nitrogens with one attached hydrogen (secondary N) is 3. The number of rotatable bonds is 12. The number of amides is 3. The Labute approximate surface area is 186 Å². The molecule has 11 nitrogen and oxygen atoms in total. The SMILES string of the molecule is CC(C)C(NC(=O)C(CO)NC(=O)C(N)Cc1ccccc1)C(=O)NC(C(=O)O)C(C)O. The van der Waals surface area contributed by atoms with Crippen LogP contribution in [0, 0.1) is 5.92 Å². The maximum Gasteiger partial charge on any atom is 0.328 e. The van der Waals surface area contributed by atoms with Crippen LogP contribution in [-0.2, 0) is 25.6 Å². The van der Waals surface area contributed by atoms with Gasteiger partial charge in [-0.2, -0.15) is 0 Å². The highest BCUT2D eigenvalue weighted by molar-refractivity contribution is 5.94. The van der Waals surface area contributed by atoms with E-state index in [4.69, 9.17) is 10.8 Å². The summed E-state index contributed by atoms with van der Waals surface area (Å²) in [5.74, 6) is -4.22. The van der Waals surface area contributed by atoms with Crippen LogP contribution >= 0.6 is 0 Å². The van der Waals surface area contributed by atoms with E-state index in [1.54, 1.807) is 38.1 Å². The third kappa shape index (κ3) is 8.25. The van der Waals surface area contributed by atoms with Gasteiger partial charge in [-0.3, -0.25) is 14.4 Å². The van der Waals surface area contributed by atoms with Gasteiger partial charge in [-0.25, -0.2) is 4.79 Å². The van der Waals surface area contributed by atoms with E-state index in [0.717, 1.165) is 5.56 Å². The minimum atomic E-state index is -1.56. The van der Waals surface area contributed by atoms with Gasteiger partial charge in [0.2, 0.25) is 17.7 Å². The van der Waals surface area contributed by atoms with E-state index in [2.05, 4.69) is 16.0 Å². The van der Waals surface area contributed by atoms with Gasteiger partial charge in [-0.15, -0.1) is 0 Å². The Morgan fingerprint density at radius 2 is 1.47 bits per heavy atom. The third-order valence-electron chi connectivity index (χ3n) is 4.74. The summed E-state index contributed by atoms with van der Waals surface area (Å²) in [6.07, 6.45) is -1.14. The van der Waals surface area contributed by atoms with E-state index in [1.807, 2.05) is 6.07 Å². The minimum absolute atomic E-state index is 0.222. The van der Waals surface area contributed by atoms with Crippen molar-refractivity contribution < 1.29 is 34.5 Å². The highest BCUT2D eigenvalue weighted by Gasteiger charge is 2.33. The van der Waals surface area contributed by atoms with Crippen LogP contribution in [0.5, 0.6) is 0 Å². The quantitative estimate of drug-likeness (QED) is 0.192. The molecule has 1 aromatic rings. The average molecular weight is 453 g/mol. The number of aliphatic hydroxyl groups is 2. The molecular formula is C21H32N4O7. The summed E-state index contributed by atoms with van der Waals surface area (Å²) < 4.78 is 0. The molecule has 1 aromatic carbocycles. The van der Waals surface area contributed by atoms with E-state index >= 15 is 0 Å². The second-order valence-electron chi connectivity index (χ2n) is 7.84. The van der Waals surface area contributed by atoms with Crippen molar-refractivity contribution >= 4 is 23.7 Å². The molecule has 32 heavy (non-hydrogen) atoms. The lowest BCUT2D eigenvalue weighted by Gasteiger charge is -2.27. The van der Waals surface area contributed by atoms with Crippen LogP contribution in [0.2, 0.25) is 0 Å². The molecule has 0 fully saturated rings. The molecule has 0 heterocycles. The topological polar surface area (TPSA) is 191 Å². The number of hydrogen-bond acceptors (Lipinski definition) is 7. The number of benzene rings is 1. The Hall–Kier alpha value is -3.02. The maximum absolute atomic E-state index is 12.6. The van der Waals surface area contributed by atoms with E-state index in [-0.39, 0.29) is 6.42 Å². The number of nitrogens with two attached hydrogens (primary N) is 1. The molecular weight excluding hydrogens is 420 g/mol.